The lowest BCUT2D eigenvalue weighted by Crippen LogP contribution is -2.36. The Balaban J connectivity index is 0.827. The normalized spacial score (nSPS) is 18.5. The molecule has 0 bridgehead atoms. The Morgan fingerprint density at radius 3 is 1.05 bits per heavy atom. The molecule has 546 valence electrons. The van der Waals surface area contributed by atoms with Gasteiger partial charge in [0.2, 0.25) is 23.6 Å². The van der Waals surface area contributed by atoms with E-state index in [0.29, 0.717) is 219 Å². The maximum atomic E-state index is 13.4. The molecule has 4 aliphatic heterocycles. The van der Waals surface area contributed by atoms with E-state index in [1.807, 2.05) is 23.5 Å². The number of urea groups is 2. The lowest BCUT2D eigenvalue weighted by atomic mass is 10.0. The average Bonchev–Trinajstić information content (AvgIpc) is 1.65. The summed E-state index contributed by atoms with van der Waals surface area (Å²) in [5.41, 5.74) is 0.875. The number of anilines is 2. The second-order valence-corrected chi connectivity index (χ2v) is 25.5. The molecule has 6 atom stereocenters. The number of carbonyl (C=O) groups excluding carboxylic acids is 7. The maximum Gasteiger partial charge on any atom is 0.315 e. The molecule has 0 aromatic heterocycles. The third-order valence-electron chi connectivity index (χ3n) is 15.3. The summed E-state index contributed by atoms with van der Waals surface area (Å²) >= 11 is 3.72. The summed E-state index contributed by atoms with van der Waals surface area (Å²) in [5.74, 6) is -0.159. The van der Waals surface area contributed by atoms with Crippen LogP contribution in [0.2, 0.25) is 0 Å². The standard InChI is InChI=1S/C64H107N9O21S2/c74-55(11-3-1-9-53-60-51(46-95-53)70-63(81)72-60)65-16-7-5-13-57(76)68-49-43-48(44-50(45-49)69-58(77)14-6-8-17-66-56(75)12-4-2-10-54-61-52(47-96-54)71-64(82)73-61)62(80)67-18-20-84-22-24-86-26-28-88-30-32-90-34-36-92-38-40-94-42-41-93-39-37-91-35-33-89-31-29-87-27-25-85-23-21-83-19-15-59(78)79/h43-45,51-54,60-61H,1-42,46-47H2,(H,65,74)(H,66,75)(H,67,80)(H,68,76)(H,69,77)(H,78,79)(H2,70,72,81)(H2,71,73,82)/t51-,52-,53-,54-,60-,61-/m0/s1. The van der Waals surface area contributed by atoms with Crippen molar-refractivity contribution < 1.29 is 100 Å². The summed E-state index contributed by atoms with van der Waals surface area (Å²) in [5, 5.41) is 35.6. The second kappa shape index (κ2) is 52.8. The molecule has 4 heterocycles. The number of nitrogens with one attached hydrogen (secondary N) is 9. The van der Waals surface area contributed by atoms with Crippen LogP contribution in [0.3, 0.4) is 0 Å². The van der Waals surface area contributed by atoms with E-state index in [0.717, 1.165) is 50.0 Å². The highest BCUT2D eigenvalue weighted by molar-refractivity contribution is 8.00. The van der Waals surface area contributed by atoms with E-state index in [-0.39, 0.29) is 104 Å². The van der Waals surface area contributed by atoms with Crippen molar-refractivity contribution in [3.63, 3.8) is 0 Å². The molecule has 4 fully saturated rings. The van der Waals surface area contributed by atoms with Crippen LogP contribution in [0.4, 0.5) is 21.0 Å². The van der Waals surface area contributed by atoms with Crippen molar-refractivity contribution in [2.45, 2.75) is 131 Å². The number of fused-ring (bicyclic) bond motifs is 2. The van der Waals surface area contributed by atoms with Gasteiger partial charge in [0.25, 0.3) is 5.91 Å². The molecule has 4 saturated heterocycles. The fraction of sp³-hybridized carbons (Fsp3) is 0.781. The minimum atomic E-state index is -0.889. The fourth-order valence-corrected chi connectivity index (χ4v) is 13.5. The molecule has 0 radical (unpaired) electrons. The minimum absolute atomic E-state index is 0.0213. The van der Waals surface area contributed by atoms with E-state index >= 15 is 0 Å². The summed E-state index contributed by atoms with van der Waals surface area (Å²) in [7, 11) is 0. The van der Waals surface area contributed by atoms with Crippen LogP contribution >= 0.6 is 23.5 Å². The third-order valence-corrected chi connectivity index (χ3v) is 18.3. The molecule has 0 unspecified atom stereocenters. The summed E-state index contributed by atoms with van der Waals surface area (Å²) in [4.78, 5) is 98.5. The molecule has 5 rings (SSSR count). The molecule has 30 nitrogen and oxygen atoms in total. The first-order valence-electron chi connectivity index (χ1n) is 34.0. The van der Waals surface area contributed by atoms with Gasteiger partial charge in [-0.3, -0.25) is 28.8 Å². The Hall–Kier alpha value is -5.20. The molecular weight excluding hydrogens is 1290 g/mol. The van der Waals surface area contributed by atoms with Gasteiger partial charge in [0.15, 0.2) is 0 Å². The van der Waals surface area contributed by atoms with Gasteiger partial charge in [-0.05, 0) is 69.6 Å². The highest BCUT2D eigenvalue weighted by atomic mass is 32.2. The highest BCUT2D eigenvalue weighted by Crippen LogP contribution is 2.34. The number of benzene rings is 1. The topological polar surface area (TPSA) is 376 Å². The number of hydrogen-bond acceptors (Lipinski definition) is 22. The van der Waals surface area contributed by atoms with E-state index in [9.17, 15) is 38.4 Å². The summed E-state index contributed by atoms with van der Waals surface area (Å²) in [6.07, 6.45) is 8.54. The summed E-state index contributed by atoms with van der Waals surface area (Å²) in [6, 6.07) is 5.13. The molecule has 0 saturated carbocycles. The Morgan fingerprint density at radius 2 is 0.698 bits per heavy atom. The van der Waals surface area contributed by atoms with Crippen LogP contribution in [0.5, 0.6) is 0 Å². The first-order chi connectivity index (χ1) is 46.9. The van der Waals surface area contributed by atoms with Crippen molar-refractivity contribution in [2.75, 3.05) is 200 Å². The van der Waals surface area contributed by atoms with Crippen molar-refractivity contribution in [1.82, 2.24) is 37.2 Å². The van der Waals surface area contributed by atoms with Gasteiger partial charge in [-0.15, -0.1) is 0 Å². The maximum absolute atomic E-state index is 13.4. The van der Waals surface area contributed by atoms with Crippen LogP contribution in [0.25, 0.3) is 0 Å². The van der Waals surface area contributed by atoms with Crippen molar-refractivity contribution >= 4 is 82.5 Å². The number of aliphatic carboxylic acids is 1. The van der Waals surface area contributed by atoms with E-state index in [1.54, 1.807) is 18.2 Å². The van der Waals surface area contributed by atoms with Gasteiger partial charge in [-0.1, -0.05) is 12.8 Å². The monoisotopic (exact) mass is 1400 g/mol. The second-order valence-electron chi connectivity index (χ2n) is 23.0. The Labute approximate surface area is 572 Å². The van der Waals surface area contributed by atoms with Gasteiger partial charge < -0.3 is 110 Å². The number of hydrogen-bond donors (Lipinski definition) is 10. The van der Waals surface area contributed by atoms with E-state index in [2.05, 4.69) is 47.9 Å². The number of rotatable bonds is 62. The van der Waals surface area contributed by atoms with Crippen LogP contribution in [0.1, 0.15) is 107 Å². The Bertz CT molecular complexity index is 2280. The molecule has 9 amide bonds. The van der Waals surface area contributed by atoms with Gasteiger partial charge in [0, 0.05) is 84.3 Å². The van der Waals surface area contributed by atoms with Crippen LogP contribution in [-0.4, -0.2) is 277 Å². The zero-order valence-corrected chi connectivity index (χ0v) is 57.4. The quantitative estimate of drug-likeness (QED) is 0.0331. The lowest BCUT2D eigenvalue weighted by Gasteiger charge is -2.16. The average molecular weight is 1400 g/mol. The number of carboxylic acid groups (broad SMARTS) is 1. The fourth-order valence-electron chi connectivity index (χ4n) is 10.4. The third kappa shape index (κ3) is 38.8. The molecule has 1 aromatic rings. The first kappa shape index (κ1) is 81.5. The molecule has 96 heavy (non-hydrogen) atoms. The summed E-state index contributed by atoms with van der Waals surface area (Å²) < 4.78 is 65.8. The smallest absolute Gasteiger partial charge is 0.315 e. The van der Waals surface area contributed by atoms with Gasteiger partial charge in [0.05, 0.1) is 189 Å². The number of ether oxygens (including phenoxy) is 12. The van der Waals surface area contributed by atoms with Crippen LogP contribution < -0.4 is 47.9 Å². The number of carbonyl (C=O) groups is 8. The summed E-state index contributed by atoms with van der Waals surface area (Å²) in [6.45, 7) is 10.5. The zero-order chi connectivity index (χ0) is 68.3. The first-order valence-corrected chi connectivity index (χ1v) is 36.1. The molecule has 1 aromatic carbocycles. The number of unbranched alkanes of at least 4 members (excludes halogenated alkanes) is 4. The molecule has 32 heteroatoms. The highest BCUT2D eigenvalue weighted by Gasteiger charge is 2.43. The molecular formula is C64H107N9O21S2. The van der Waals surface area contributed by atoms with Crippen LogP contribution in [0, 0.1) is 0 Å². The van der Waals surface area contributed by atoms with Crippen molar-refractivity contribution in [3.8, 4) is 0 Å². The molecule has 0 aliphatic carbocycles. The largest absolute Gasteiger partial charge is 0.481 e. The molecule has 10 N–H and O–H groups in total. The number of amides is 9. The van der Waals surface area contributed by atoms with Gasteiger partial charge in [-0.2, -0.15) is 23.5 Å². The van der Waals surface area contributed by atoms with E-state index in [1.165, 1.54) is 0 Å². The number of thioether (sulfide) groups is 2. The van der Waals surface area contributed by atoms with E-state index in [4.69, 9.17) is 61.9 Å². The Morgan fingerprint density at radius 1 is 0.375 bits per heavy atom. The minimum Gasteiger partial charge on any atom is -0.481 e. The van der Waals surface area contributed by atoms with Gasteiger partial charge in [0.1, 0.15) is 0 Å². The van der Waals surface area contributed by atoms with Crippen LogP contribution in [0.15, 0.2) is 18.2 Å². The SMILES string of the molecule is O=C(O)CCOCCOCCOCCOCCOCCOCCOCCOCCOCCOCCOCCOCCNC(=O)c1cc(NC(=O)CCCCNC(=O)CCCC[C@@H]2SC[C@@H]3NC(=O)N[C@@H]32)cc(NC(=O)CCCCNC(=O)CCCC[C@@H]2SC[C@@H]3NC(=O)N[C@@H]32)c1. The number of carboxylic acids is 1. The van der Waals surface area contributed by atoms with Crippen molar-refractivity contribution in [3.05, 3.63) is 23.8 Å². The van der Waals surface area contributed by atoms with Crippen molar-refractivity contribution in [2.24, 2.45) is 0 Å². The molecule has 4 aliphatic rings. The van der Waals surface area contributed by atoms with Gasteiger partial charge >= 0.3 is 18.0 Å². The predicted octanol–water partition coefficient (Wildman–Crippen LogP) is 2.99. The van der Waals surface area contributed by atoms with E-state index < -0.39 is 11.9 Å². The predicted molar refractivity (Wildman–Crippen MR) is 360 cm³/mol. The van der Waals surface area contributed by atoms with Crippen LogP contribution in [-0.2, 0) is 80.8 Å². The Kier molecular flexibility index (Phi) is 44.8. The van der Waals surface area contributed by atoms with Gasteiger partial charge in [-0.25, -0.2) is 9.59 Å². The van der Waals surface area contributed by atoms with Crippen molar-refractivity contribution in [1.29, 1.82) is 0 Å². The molecule has 0 spiro atoms. The zero-order valence-electron chi connectivity index (χ0n) is 55.7. The lowest BCUT2D eigenvalue weighted by molar-refractivity contribution is -0.138.